The molecule has 1 heterocycles. The lowest BCUT2D eigenvalue weighted by Crippen LogP contribution is -2.50. The molecule has 1 amide bonds. The van der Waals surface area contributed by atoms with Crippen LogP contribution >= 0.6 is 0 Å². The number of piperazine rings is 1. The van der Waals surface area contributed by atoms with Crippen LogP contribution in [0.25, 0.3) is 6.08 Å². The number of aryl methyl sites for hydroxylation is 2. The molecule has 0 spiro atoms. The third-order valence-electron chi connectivity index (χ3n) is 4.88. The highest BCUT2D eigenvalue weighted by Crippen LogP contribution is 2.20. The Morgan fingerprint density at radius 2 is 1.59 bits per heavy atom. The molecular formula is C21H24N2O3S. The summed E-state index contributed by atoms with van der Waals surface area (Å²) >= 11 is 0. The molecule has 3 rings (SSSR count). The standard InChI is InChI=1S/C21H24N2O3S/c1-17-8-10-20(16-18(17)2)27(25,26)23-14-12-22(13-15-23)21(24)11-9-19-6-4-3-5-7-19/h3-11,16H,12-15H2,1-2H3/b11-9+. The maximum atomic E-state index is 12.8. The summed E-state index contributed by atoms with van der Waals surface area (Å²) in [7, 11) is -3.53. The first-order chi connectivity index (χ1) is 12.9. The number of amides is 1. The van der Waals surface area contributed by atoms with Crippen molar-refractivity contribution >= 4 is 22.0 Å². The number of carbonyl (C=O) groups excluding carboxylic acids is 1. The molecule has 0 N–H and O–H groups in total. The summed E-state index contributed by atoms with van der Waals surface area (Å²) in [6.07, 6.45) is 3.32. The highest BCUT2D eigenvalue weighted by Gasteiger charge is 2.29. The molecule has 0 saturated carbocycles. The van der Waals surface area contributed by atoms with Crippen molar-refractivity contribution in [2.45, 2.75) is 18.7 Å². The Morgan fingerprint density at radius 3 is 2.22 bits per heavy atom. The molecule has 2 aromatic rings. The lowest BCUT2D eigenvalue weighted by Gasteiger charge is -2.33. The summed E-state index contributed by atoms with van der Waals surface area (Å²) in [5.41, 5.74) is 2.98. The van der Waals surface area contributed by atoms with Crippen LogP contribution in [0, 0.1) is 13.8 Å². The van der Waals surface area contributed by atoms with Crippen molar-refractivity contribution in [1.82, 2.24) is 9.21 Å². The summed E-state index contributed by atoms with van der Waals surface area (Å²) in [6, 6.07) is 14.8. The number of hydrogen-bond donors (Lipinski definition) is 0. The Balaban J connectivity index is 1.63. The van der Waals surface area contributed by atoms with E-state index in [9.17, 15) is 13.2 Å². The van der Waals surface area contributed by atoms with Crippen molar-refractivity contribution in [2.24, 2.45) is 0 Å². The van der Waals surface area contributed by atoms with Crippen molar-refractivity contribution < 1.29 is 13.2 Å². The van der Waals surface area contributed by atoms with E-state index in [1.807, 2.05) is 50.2 Å². The molecule has 27 heavy (non-hydrogen) atoms. The fraction of sp³-hybridized carbons (Fsp3) is 0.286. The second-order valence-corrected chi connectivity index (χ2v) is 8.66. The van der Waals surface area contributed by atoms with Gasteiger partial charge in [-0.05, 0) is 48.7 Å². The number of sulfonamides is 1. The van der Waals surface area contributed by atoms with Gasteiger partial charge >= 0.3 is 0 Å². The largest absolute Gasteiger partial charge is 0.337 e. The summed E-state index contributed by atoms with van der Waals surface area (Å²) in [5, 5.41) is 0. The SMILES string of the molecule is Cc1ccc(S(=O)(=O)N2CCN(C(=O)/C=C/c3ccccc3)CC2)cc1C. The van der Waals surface area contributed by atoms with E-state index in [1.165, 1.54) is 4.31 Å². The highest BCUT2D eigenvalue weighted by atomic mass is 32.2. The van der Waals surface area contributed by atoms with Gasteiger partial charge in [-0.1, -0.05) is 36.4 Å². The maximum Gasteiger partial charge on any atom is 0.246 e. The van der Waals surface area contributed by atoms with Crippen molar-refractivity contribution in [3.63, 3.8) is 0 Å². The zero-order valence-electron chi connectivity index (χ0n) is 15.6. The molecule has 1 saturated heterocycles. The van der Waals surface area contributed by atoms with E-state index < -0.39 is 10.0 Å². The number of nitrogens with zero attached hydrogens (tertiary/aromatic N) is 2. The molecular weight excluding hydrogens is 360 g/mol. The van der Waals surface area contributed by atoms with Crippen LogP contribution in [0.1, 0.15) is 16.7 Å². The number of hydrogen-bond acceptors (Lipinski definition) is 3. The molecule has 0 radical (unpaired) electrons. The summed E-state index contributed by atoms with van der Waals surface area (Å²) < 4.78 is 27.2. The van der Waals surface area contributed by atoms with Gasteiger partial charge in [-0.15, -0.1) is 0 Å². The van der Waals surface area contributed by atoms with Gasteiger partial charge in [0.1, 0.15) is 0 Å². The fourth-order valence-electron chi connectivity index (χ4n) is 3.01. The van der Waals surface area contributed by atoms with Gasteiger partial charge in [-0.2, -0.15) is 4.31 Å². The van der Waals surface area contributed by atoms with Gasteiger partial charge in [0, 0.05) is 32.3 Å². The van der Waals surface area contributed by atoms with Crippen LogP contribution in [-0.4, -0.2) is 49.7 Å². The van der Waals surface area contributed by atoms with Crippen molar-refractivity contribution in [2.75, 3.05) is 26.2 Å². The minimum atomic E-state index is -3.53. The van der Waals surface area contributed by atoms with Gasteiger partial charge in [0.05, 0.1) is 4.90 Å². The van der Waals surface area contributed by atoms with Crippen molar-refractivity contribution in [3.05, 3.63) is 71.3 Å². The first-order valence-corrected chi connectivity index (χ1v) is 10.4. The first kappa shape index (κ1) is 19.3. The van der Waals surface area contributed by atoms with E-state index in [2.05, 4.69) is 0 Å². The van der Waals surface area contributed by atoms with Gasteiger partial charge < -0.3 is 4.90 Å². The zero-order chi connectivity index (χ0) is 19.4. The van der Waals surface area contributed by atoms with Gasteiger partial charge in [-0.3, -0.25) is 4.79 Å². The molecule has 2 aromatic carbocycles. The summed E-state index contributed by atoms with van der Waals surface area (Å²) in [6.45, 7) is 5.26. The van der Waals surface area contributed by atoms with Crippen LogP contribution in [0.5, 0.6) is 0 Å². The average Bonchev–Trinajstić information content (AvgIpc) is 2.69. The Bertz CT molecular complexity index is 945. The van der Waals surface area contributed by atoms with E-state index in [-0.39, 0.29) is 5.91 Å². The van der Waals surface area contributed by atoms with Gasteiger partial charge in [0.2, 0.25) is 15.9 Å². The van der Waals surface area contributed by atoms with Gasteiger partial charge in [0.15, 0.2) is 0 Å². The van der Waals surface area contributed by atoms with Crippen molar-refractivity contribution in [1.29, 1.82) is 0 Å². The van der Waals surface area contributed by atoms with Gasteiger partial charge in [-0.25, -0.2) is 8.42 Å². The second kappa shape index (κ2) is 8.06. The van der Waals surface area contributed by atoms with Crippen LogP contribution < -0.4 is 0 Å². The molecule has 1 aliphatic rings. The molecule has 1 fully saturated rings. The Hall–Kier alpha value is -2.44. The summed E-state index contributed by atoms with van der Waals surface area (Å²) in [4.78, 5) is 14.4. The minimum absolute atomic E-state index is 0.0953. The third-order valence-corrected chi connectivity index (χ3v) is 6.78. The van der Waals surface area contributed by atoms with E-state index in [4.69, 9.17) is 0 Å². The molecule has 0 aliphatic carbocycles. The number of benzene rings is 2. The van der Waals surface area contributed by atoms with Gasteiger partial charge in [0.25, 0.3) is 0 Å². The van der Waals surface area contributed by atoms with E-state index in [0.29, 0.717) is 31.1 Å². The lowest BCUT2D eigenvalue weighted by atomic mass is 10.1. The van der Waals surface area contributed by atoms with Crippen molar-refractivity contribution in [3.8, 4) is 0 Å². The van der Waals surface area contributed by atoms with Crippen LogP contribution in [0.2, 0.25) is 0 Å². The predicted octanol–water partition coefficient (Wildman–Crippen LogP) is 2.85. The first-order valence-electron chi connectivity index (χ1n) is 8.97. The monoisotopic (exact) mass is 384 g/mol. The fourth-order valence-corrected chi connectivity index (χ4v) is 4.52. The van der Waals surface area contributed by atoms with Crippen LogP contribution in [-0.2, 0) is 14.8 Å². The number of rotatable bonds is 4. The van der Waals surface area contributed by atoms with E-state index in [0.717, 1.165) is 16.7 Å². The van der Waals surface area contributed by atoms with E-state index in [1.54, 1.807) is 29.2 Å². The molecule has 0 bridgehead atoms. The topological polar surface area (TPSA) is 57.7 Å². The molecule has 0 atom stereocenters. The average molecular weight is 385 g/mol. The molecule has 6 heteroatoms. The van der Waals surface area contributed by atoms with Crippen LogP contribution in [0.15, 0.2) is 59.5 Å². The second-order valence-electron chi connectivity index (χ2n) is 6.72. The Kier molecular flexibility index (Phi) is 5.77. The van der Waals surface area contributed by atoms with Crippen LogP contribution in [0.4, 0.5) is 0 Å². The Labute approximate surface area is 161 Å². The molecule has 0 unspecified atom stereocenters. The quantitative estimate of drug-likeness (QED) is 0.762. The van der Waals surface area contributed by atoms with E-state index >= 15 is 0 Å². The smallest absolute Gasteiger partial charge is 0.246 e. The zero-order valence-corrected chi connectivity index (χ0v) is 16.4. The third kappa shape index (κ3) is 4.46. The normalized spacial score (nSPS) is 16.0. The molecule has 0 aromatic heterocycles. The molecule has 142 valence electrons. The minimum Gasteiger partial charge on any atom is -0.337 e. The molecule has 5 nitrogen and oxygen atoms in total. The van der Waals surface area contributed by atoms with Crippen LogP contribution in [0.3, 0.4) is 0 Å². The lowest BCUT2D eigenvalue weighted by molar-refractivity contribution is -0.127. The number of carbonyl (C=O) groups is 1. The predicted molar refractivity (Wildman–Crippen MR) is 107 cm³/mol. The Morgan fingerprint density at radius 1 is 0.926 bits per heavy atom. The molecule has 1 aliphatic heterocycles. The summed E-state index contributed by atoms with van der Waals surface area (Å²) in [5.74, 6) is -0.0953. The highest BCUT2D eigenvalue weighted by molar-refractivity contribution is 7.89. The maximum absolute atomic E-state index is 12.8.